The van der Waals surface area contributed by atoms with Gasteiger partial charge in [-0.15, -0.1) is 0 Å². The molecular weight excluding hydrogens is 364 g/mol. The predicted molar refractivity (Wildman–Crippen MR) is 102 cm³/mol. The molecule has 8 heteroatoms. The Morgan fingerprint density at radius 2 is 1.82 bits per heavy atom. The molecule has 0 saturated carbocycles. The average Bonchev–Trinajstić information content (AvgIpc) is 2.67. The minimum atomic E-state index is -0.816. The first-order valence-electron chi connectivity index (χ1n) is 8.69. The third kappa shape index (κ3) is 5.54. The van der Waals surface area contributed by atoms with E-state index >= 15 is 0 Å². The van der Waals surface area contributed by atoms with Gasteiger partial charge in [-0.2, -0.15) is 0 Å². The maximum Gasteiger partial charge on any atom is 0.338 e. The van der Waals surface area contributed by atoms with Crippen molar-refractivity contribution in [2.75, 3.05) is 20.3 Å². The monoisotopic (exact) mass is 386 g/mol. The fraction of sp³-hybridized carbons (Fsp3) is 0.300. The molecule has 0 radical (unpaired) electrons. The zero-order valence-electron chi connectivity index (χ0n) is 16.0. The van der Waals surface area contributed by atoms with Gasteiger partial charge in [0.2, 0.25) is 0 Å². The first-order chi connectivity index (χ1) is 13.3. The molecule has 0 aliphatic heterocycles. The standard InChI is InChI=1S/C20H22N2O6/c1-4-27-18-10-9-16(11-17(18)22(25)26)20(24)28-13-19(23)21(3)12-15-7-5-14(2)6-8-15/h5-11H,4,12-13H2,1-3H3. The maximum absolute atomic E-state index is 12.2. The number of likely N-dealkylation sites (N-methyl/N-ethyl adjacent to an activating group) is 1. The van der Waals surface area contributed by atoms with Crippen molar-refractivity contribution in [3.63, 3.8) is 0 Å². The zero-order chi connectivity index (χ0) is 20.7. The van der Waals surface area contributed by atoms with Crippen LogP contribution in [0.1, 0.15) is 28.4 Å². The van der Waals surface area contributed by atoms with E-state index in [9.17, 15) is 19.7 Å². The van der Waals surface area contributed by atoms with Gasteiger partial charge in [0.15, 0.2) is 12.4 Å². The van der Waals surface area contributed by atoms with Gasteiger partial charge in [0, 0.05) is 19.7 Å². The molecule has 0 N–H and O–H groups in total. The van der Waals surface area contributed by atoms with Gasteiger partial charge in [0.1, 0.15) is 0 Å². The van der Waals surface area contributed by atoms with E-state index < -0.39 is 17.5 Å². The number of carbonyl (C=O) groups excluding carboxylic acids is 2. The molecule has 0 spiro atoms. The van der Waals surface area contributed by atoms with E-state index in [0.717, 1.165) is 17.2 Å². The lowest BCUT2D eigenvalue weighted by molar-refractivity contribution is -0.385. The summed E-state index contributed by atoms with van der Waals surface area (Å²) in [6, 6.07) is 11.5. The van der Waals surface area contributed by atoms with Crippen molar-refractivity contribution >= 4 is 17.6 Å². The zero-order valence-corrected chi connectivity index (χ0v) is 16.0. The van der Waals surface area contributed by atoms with Gasteiger partial charge in [-0.25, -0.2) is 4.79 Å². The molecule has 0 aliphatic rings. The predicted octanol–water partition coefficient (Wildman–Crippen LogP) is 3.12. The van der Waals surface area contributed by atoms with Gasteiger partial charge in [0.05, 0.1) is 17.1 Å². The maximum atomic E-state index is 12.2. The van der Waals surface area contributed by atoms with Crippen molar-refractivity contribution in [3.05, 3.63) is 69.3 Å². The Bertz CT molecular complexity index is 863. The summed E-state index contributed by atoms with van der Waals surface area (Å²) < 4.78 is 10.2. The molecule has 2 aromatic carbocycles. The second-order valence-electron chi connectivity index (χ2n) is 6.18. The number of nitro benzene ring substituents is 1. The van der Waals surface area contributed by atoms with Crippen LogP contribution in [0.15, 0.2) is 42.5 Å². The van der Waals surface area contributed by atoms with E-state index in [1.54, 1.807) is 14.0 Å². The number of esters is 1. The van der Waals surface area contributed by atoms with Crippen LogP contribution in [0.25, 0.3) is 0 Å². The van der Waals surface area contributed by atoms with Crippen LogP contribution in [0.5, 0.6) is 5.75 Å². The number of carbonyl (C=O) groups is 2. The van der Waals surface area contributed by atoms with E-state index in [4.69, 9.17) is 9.47 Å². The van der Waals surface area contributed by atoms with E-state index in [0.29, 0.717) is 6.54 Å². The second-order valence-corrected chi connectivity index (χ2v) is 6.18. The van der Waals surface area contributed by atoms with Crippen LogP contribution < -0.4 is 4.74 Å². The largest absolute Gasteiger partial charge is 0.487 e. The summed E-state index contributed by atoms with van der Waals surface area (Å²) in [4.78, 5) is 36.3. The number of benzene rings is 2. The second kappa shape index (κ2) is 9.50. The topological polar surface area (TPSA) is 99.0 Å². The number of nitrogens with zero attached hydrogens (tertiary/aromatic N) is 2. The smallest absolute Gasteiger partial charge is 0.338 e. The summed E-state index contributed by atoms with van der Waals surface area (Å²) in [7, 11) is 1.61. The number of amides is 1. The summed E-state index contributed by atoms with van der Waals surface area (Å²) in [6.07, 6.45) is 0. The van der Waals surface area contributed by atoms with Crippen molar-refractivity contribution in [2.24, 2.45) is 0 Å². The van der Waals surface area contributed by atoms with Gasteiger partial charge in [-0.3, -0.25) is 14.9 Å². The van der Waals surface area contributed by atoms with Gasteiger partial charge in [-0.1, -0.05) is 29.8 Å². The molecule has 148 valence electrons. The van der Waals surface area contributed by atoms with Crippen LogP contribution >= 0.6 is 0 Å². The Labute approximate surface area is 162 Å². The number of hydrogen-bond acceptors (Lipinski definition) is 6. The summed E-state index contributed by atoms with van der Waals surface area (Å²) >= 11 is 0. The van der Waals surface area contributed by atoms with Crippen LogP contribution in [-0.2, 0) is 16.1 Å². The number of hydrogen-bond donors (Lipinski definition) is 0. The fourth-order valence-electron chi connectivity index (χ4n) is 2.44. The Balaban J connectivity index is 1.97. The normalized spacial score (nSPS) is 10.2. The highest BCUT2D eigenvalue weighted by Gasteiger charge is 2.20. The highest BCUT2D eigenvalue weighted by atomic mass is 16.6. The minimum absolute atomic E-state index is 0.0239. The first-order valence-corrected chi connectivity index (χ1v) is 8.69. The minimum Gasteiger partial charge on any atom is -0.487 e. The molecule has 2 aromatic rings. The van der Waals surface area contributed by atoms with Gasteiger partial charge in [0.25, 0.3) is 5.91 Å². The molecule has 0 unspecified atom stereocenters. The van der Waals surface area contributed by atoms with Crippen molar-refractivity contribution in [1.82, 2.24) is 4.90 Å². The molecule has 0 aliphatic carbocycles. The van der Waals surface area contributed by atoms with Crippen LogP contribution in [0.3, 0.4) is 0 Å². The van der Waals surface area contributed by atoms with Gasteiger partial charge in [-0.05, 0) is 31.5 Å². The molecule has 0 fully saturated rings. The van der Waals surface area contributed by atoms with E-state index in [1.807, 2.05) is 31.2 Å². The number of aryl methyl sites for hydroxylation is 1. The van der Waals surface area contributed by atoms with E-state index in [-0.39, 0.29) is 29.5 Å². The first kappa shape index (κ1) is 20.9. The molecular formula is C20H22N2O6. The molecule has 28 heavy (non-hydrogen) atoms. The van der Waals surface area contributed by atoms with E-state index in [2.05, 4.69) is 0 Å². The third-order valence-electron chi connectivity index (χ3n) is 3.98. The summed E-state index contributed by atoms with van der Waals surface area (Å²) in [6.45, 7) is 3.85. The molecule has 0 bridgehead atoms. The van der Waals surface area contributed by atoms with Gasteiger partial charge < -0.3 is 14.4 Å². The molecule has 8 nitrogen and oxygen atoms in total. The molecule has 0 saturated heterocycles. The summed E-state index contributed by atoms with van der Waals surface area (Å²) in [5.41, 5.74) is 1.72. The lowest BCUT2D eigenvalue weighted by Crippen LogP contribution is -2.30. The van der Waals surface area contributed by atoms with Crippen molar-refractivity contribution in [1.29, 1.82) is 0 Å². The molecule has 0 atom stereocenters. The molecule has 0 heterocycles. The van der Waals surface area contributed by atoms with Crippen molar-refractivity contribution < 1.29 is 24.0 Å². The Hall–Kier alpha value is -3.42. The SMILES string of the molecule is CCOc1ccc(C(=O)OCC(=O)N(C)Cc2ccc(C)cc2)cc1[N+](=O)[O-]. The van der Waals surface area contributed by atoms with Crippen molar-refractivity contribution in [3.8, 4) is 5.75 Å². The highest BCUT2D eigenvalue weighted by molar-refractivity contribution is 5.92. The summed E-state index contributed by atoms with van der Waals surface area (Å²) in [5, 5.41) is 11.1. The molecule has 1 amide bonds. The Morgan fingerprint density at radius 3 is 2.43 bits per heavy atom. The third-order valence-corrected chi connectivity index (χ3v) is 3.98. The van der Waals surface area contributed by atoms with Crippen molar-refractivity contribution in [2.45, 2.75) is 20.4 Å². The lowest BCUT2D eigenvalue weighted by atomic mass is 10.1. The lowest BCUT2D eigenvalue weighted by Gasteiger charge is -2.17. The van der Waals surface area contributed by atoms with Crippen LogP contribution in [0.4, 0.5) is 5.69 Å². The Kier molecular flexibility index (Phi) is 7.08. The highest BCUT2D eigenvalue weighted by Crippen LogP contribution is 2.28. The number of rotatable bonds is 8. The number of nitro groups is 1. The van der Waals surface area contributed by atoms with Gasteiger partial charge >= 0.3 is 11.7 Å². The van der Waals surface area contributed by atoms with Crippen LogP contribution in [-0.4, -0.2) is 42.0 Å². The quantitative estimate of drug-likeness (QED) is 0.393. The summed E-state index contributed by atoms with van der Waals surface area (Å²) in [5.74, 6) is -1.13. The Morgan fingerprint density at radius 1 is 1.14 bits per heavy atom. The number of ether oxygens (including phenoxy) is 2. The van der Waals surface area contributed by atoms with E-state index in [1.165, 1.54) is 17.0 Å². The average molecular weight is 386 g/mol. The van der Waals surface area contributed by atoms with Crippen LogP contribution in [0.2, 0.25) is 0 Å². The molecule has 0 aromatic heterocycles. The van der Waals surface area contributed by atoms with Crippen LogP contribution in [0, 0.1) is 17.0 Å². The molecule has 2 rings (SSSR count). The fourth-order valence-corrected chi connectivity index (χ4v) is 2.44.